The fourth-order valence-electron chi connectivity index (χ4n) is 2.17. The Labute approximate surface area is 125 Å². The Hall–Kier alpha value is -2.34. The Morgan fingerprint density at radius 2 is 2.10 bits per heavy atom. The van der Waals surface area contributed by atoms with Crippen LogP contribution in [-0.4, -0.2) is 22.4 Å². The summed E-state index contributed by atoms with van der Waals surface area (Å²) in [5, 5.41) is 17.2. The van der Waals surface area contributed by atoms with Gasteiger partial charge in [-0.2, -0.15) is 0 Å². The molecule has 0 unspecified atom stereocenters. The first-order valence-corrected chi connectivity index (χ1v) is 7.24. The second-order valence-electron chi connectivity index (χ2n) is 4.60. The van der Waals surface area contributed by atoms with E-state index in [2.05, 4.69) is 10.1 Å². The third-order valence-corrected chi connectivity index (χ3v) is 3.97. The zero-order valence-electron chi connectivity index (χ0n) is 11.9. The van der Waals surface area contributed by atoms with E-state index in [1.54, 1.807) is 36.6 Å². The Kier molecular flexibility index (Phi) is 3.39. The molecule has 0 aliphatic carbocycles. The van der Waals surface area contributed by atoms with Crippen molar-refractivity contribution in [3.63, 3.8) is 0 Å². The Morgan fingerprint density at radius 3 is 2.71 bits per heavy atom. The average Bonchev–Trinajstić information content (AvgIpc) is 3.04. The predicted octanol–water partition coefficient (Wildman–Crippen LogP) is 3.80. The van der Waals surface area contributed by atoms with Gasteiger partial charge >= 0.3 is 0 Å². The third-order valence-electron chi connectivity index (χ3n) is 3.20. The molecule has 0 aliphatic rings. The van der Waals surface area contributed by atoms with Crippen LogP contribution in [0, 0.1) is 13.8 Å². The van der Waals surface area contributed by atoms with E-state index in [1.165, 1.54) is 0 Å². The van der Waals surface area contributed by atoms with Crippen molar-refractivity contribution in [1.29, 1.82) is 0 Å². The van der Waals surface area contributed by atoms with Gasteiger partial charge in [0.05, 0.1) is 23.4 Å². The number of ether oxygens (including phenoxy) is 1. The summed E-state index contributed by atoms with van der Waals surface area (Å²) in [6.45, 7) is 3.78. The number of rotatable bonds is 3. The molecule has 2 heterocycles. The van der Waals surface area contributed by atoms with Gasteiger partial charge in [0, 0.05) is 17.0 Å². The number of phenols is 1. The average molecular weight is 302 g/mol. The van der Waals surface area contributed by atoms with Gasteiger partial charge in [0.2, 0.25) is 0 Å². The van der Waals surface area contributed by atoms with E-state index in [4.69, 9.17) is 9.26 Å². The molecular weight excluding hydrogens is 288 g/mol. The summed E-state index contributed by atoms with van der Waals surface area (Å²) in [5.41, 5.74) is 2.78. The van der Waals surface area contributed by atoms with Crippen LogP contribution in [0.5, 0.6) is 11.5 Å². The van der Waals surface area contributed by atoms with Crippen molar-refractivity contribution in [2.45, 2.75) is 13.8 Å². The number of benzene rings is 1. The van der Waals surface area contributed by atoms with E-state index in [1.807, 2.05) is 19.2 Å². The molecule has 0 spiro atoms. The van der Waals surface area contributed by atoms with Crippen molar-refractivity contribution in [3.8, 4) is 34.0 Å². The van der Waals surface area contributed by atoms with Crippen LogP contribution in [0.3, 0.4) is 0 Å². The Bertz CT molecular complexity index is 792. The van der Waals surface area contributed by atoms with Crippen LogP contribution >= 0.6 is 11.3 Å². The minimum Gasteiger partial charge on any atom is -0.507 e. The lowest BCUT2D eigenvalue weighted by Gasteiger charge is -2.05. The molecule has 1 N–H and O–H groups in total. The molecule has 0 aliphatic heterocycles. The maximum absolute atomic E-state index is 10.2. The molecule has 0 bridgehead atoms. The fourth-order valence-corrected chi connectivity index (χ4v) is 2.78. The normalized spacial score (nSPS) is 10.8. The van der Waals surface area contributed by atoms with Gasteiger partial charge < -0.3 is 14.4 Å². The van der Waals surface area contributed by atoms with Gasteiger partial charge in [0.15, 0.2) is 0 Å². The standard InChI is InChI=1S/C15H14N2O3S/c1-8-14(12-7-21-9(2)16-12)15(17-20-8)11-5-4-10(19-3)6-13(11)18/h4-7,18H,1-3H3. The number of thiazole rings is 1. The molecule has 3 rings (SSSR count). The highest BCUT2D eigenvalue weighted by Crippen LogP contribution is 2.39. The van der Waals surface area contributed by atoms with E-state index >= 15 is 0 Å². The summed E-state index contributed by atoms with van der Waals surface area (Å²) in [4.78, 5) is 4.48. The molecule has 0 saturated carbocycles. The molecular formula is C15H14N2O3S. The highest BCUT2D eigenvalue weighted by Gasteiger charge is 2.21. The summed E-state index contributed by atoms with van der Waals surface area (Å²) in [7, 11) is 1.55. The molecule has 108 valence electrons. The number of phenolic OH excluding ortho intramolecular Hbond substituents is 1. The van der Waals surface area contributed by atoms with Crippen LogP contribution in [0.2, 0.25) is 0 Å². The second kappa shape index (κ2) is 5.21. The highest BCUT2D eigenvalue weighted by molar-refractivity contribution is 7.09. The number of aromatic hydroxyl groups is 1. The van der Waals surface area contributed by atoms with E-state index < -0.39 is 0 Å². The molecule has 0 fully saturated rings. The van der Waals surface area contributed by atoms with Gasteiger partial charge in [-0.15, -0.1) is 11.3 Å². The van der Waals surface area contributed by atoms with Crippen molar-refractivity contribution in [2.75, 3.05) is 7.11 Å². The van der Waals surface area contributed by atoms with Crippen molar-refractivity contribution >= 4 is 11.3 Å². The fraction of sp³-hybridized carbons (Fsp3) is 0.200. The lowest BCUT2D eigenvalue weighted by molar-refractivity contribution is 0.398. The summed E-state index contributed by atoms with van der Waals surface area (Å²) in [6, 6.07) is 5.08. The third kappa shape index (κ3) is 2.38. The number of aromatic nitrogens is 2. The van der Waals surface area contributed by atoms with Gasteiger partial charge in [-0.3, -0.25) is 0 Å². The highest BCUT2D eigenvalue weighted by atomic mass is 32.1. The van der Waals surface area contributed by atoms with Gasteiger partial charge in [-0.1, -0.05) is 5.16 Å². The smallest absolute Gasteiger partial charge is 0.143 e. The molecule has 0 saturated heterocycles. The molecule has 0 amide bonds. The topological polar surface area (TPSA) is 68.4 Å². The molecule has 0 atom stereocenters. The molecule has 21 heavy (non-hydrogen) atoms. The maximum Gasteiger partial charge on any atom is 0.143 e. The largest absolute Gasteiger partial charge is 0.507 e. The predicted molar refractivity (Wildman–Crippen MR) is 80.7 cm³/mol. The lowest BCUT2D eigenvalue weighted by atomic mass is 10.0. The maximum atomic E-state index is 10.2. The van der Waals surface area contributed by atoms with Gasteiger partial charge in [-0.05, 0) is 26.0 Å². The first kappa shape index (κ1) is 13.6. The van der Waals surface area contributed by atoms with Crippen molar-refractivity contribution in [1.82, 2.24) is 10.1 Å². The number of aryl methyl sites for hydroxylation is 2. The van der Waals surface area contributed by atoms with Crippen molar-refractivity contribution in [2.24, 2.45) is 0 Å². The molecule has 0 radical (unpaired) electrons. The molecule has 3 aromatic rings. The number of hydrogen-bond acceptors (Lipinski definition) is 6. The molecule has 1 aromatic carbocycles. The molecule has 5 nitrogen and oxygen atoms in total. The van der Waals surface area contributed by atoms with E-state index in [0.717, 1.165) is 16.3 Å². The van der Waals surface area contributed by atoms with E-state index in [9.17, 15) is 5.11 Å². The molecule has 6 heteroatoms. The first-order chi connectivity index (χ1) is 10.1. The van der Waals surface area contributed by atoms with Crippen molar-refractivity contribution in [3.05, 3.63) is 34.3 Å². The Morgan fingerprint density at radius 1 is 1.29 bits per heavy atom. The molecule has 2 aromatic heterocycles. The number of methoxy groups -OCH3 is 1. The summed E-state index contributed by atoms with van der Waals surface area (Å²) in [6.07, 6.45) is 0. The van der Waals surface area contributed by atoms with Gasteiger partial charge in [-0.25, -0.2) is 4.98 Å². The van der Waals surface area contributed by atoms with E-state index in [-0.39, 0.29) is 5.75 Å². The zero-order valence-corrected chi connectivity index (χ0v) is 12.7. The van der Waals surface area contributed by atoms with Crippen LogP contribution in [0.15, 0.2) is 28.1 Å². The quantitative estimate of drug-likeness (QED) is 0.797. The summed E-state index contributed by atoms with van der Waals surface area (Å²) in [5.74, 6) is 1.35. The van der Waals surface area contributed by atoms with E-state index in [0.29, 0.717) is 22.8 Å². The minimum absolute atomic E-state index is 0.0934. The SMILES string of the molecule is COc1ccc(-c2noc(C)c2-c2csc(C)n2)c(O)c1. The van der Waals surface area contributed by atoms with Crippen LogP contribution in [0.1, 0.15) is 10.8 Å². The van der Waals surface area contributed by atoms with Crippen LogP contribution in [-0.2, 0) is 0 Å². The monoisotopic (exact) mass is 302 g/mol. The summed E-state index contributed by atoms with van der Waals surface area (Å²) < 4.78 is 10.4. The summed E-state index contributed by atoms with van der Waals surface area (Å²) >= 11 is 1.56. The first-order valence-electron chi connectivity index (χ1n) is 6.36. The van der Waals surface area contributed by atoms with Crippen LogP contribution in [0.4, 0.5) is 0 Å². The van der Waals surface area contributed by atoms with Crippen LogP contribution in [0.25, 0.3) is 22.5 Å². The second-order valence-corrected chi connectivity index (χ2v) is 5.66. The minimum atomic E-state index is 0.0934. The number of nitrogens with zero attached hydrogens (tertiary/aromatic N) is 2. The van der Waals surface area contributed by atoms with Crippen LogP contribution < -0.4 is 4.74 Å². The zero-order chi connectivity index (χ0) is 15.0. The lowest BCUT2D eigenvalue weighted by Crippen LogP contribution is -1.87. The Balaban J connectivity index is 2.16. The van der Waals surface area contributed by atoms with Gasteiger partial charge in [0.1, 0.15) is 23.0 Å². The van der Waals surface area contributed by atoms with Gasteiger partial charge in [0.25, 0.3) is 0 Å². The van der Waals surface area contributed by atoms with Crippen molar-refractivity contribution < 1.29 is 14.4 Å². The number of hydrogen-bond donors (Lipinski definition) is 1.